The average Bonchev–Trinajstić information content (AvgIpc) is 2.45. The van der Waals surface area contributed by atoms with Gasteiger partial charge in [0.1, 0.15) is 0 Å². The maximum Gasteiger partial charge on any atom is 0.173 e. The zero-order valence-electron chi connectivity index (χ0n) is 11.4. The standard InChI is InChI=1S/C16H14N2OS/c1-11-3-4-14(12(2)7-11)15(19)10-20-16-8-13(9-17)5-6-18-16/h3-8H,10H2,1-2H3. The number of rotatable bonds is 4. The summed E-state index contributed by atoms with van der Waals surface area (Å²) in [5.41, 5.74) is 3.45. The van der Waals surface area contributed by atoms with Crippen LogP contribution >= 0.6 is 11.8 Å². The lowest BCUT2D eigenvalue weighted by Crippen LogP contribution is -2.05. The molecule has 0 aliphatic rings. The molecule has 0 aliphatic carbocycles. The van der Waals surface area contributed by atoms with E-state index in [1.54, 1.807) is 18.3 Å². The highest BCUT2D eigenvalue weighted by Gasteiger charge is 2.10. The van der Waals surface area contributed by atoms with E-state index >= 15 is 0 Å². The molecule has 100 valence electrons. The maximum atomic E-state index is 12.2. The van der Waals surface area contributed by atoms with Crippen molar-refractivity contribution in [2.24, 2.45) is 0 Å². The van der Waals surface area contributed by atoms with Crippen LogP contribution in [-0.4, -0.2) is 16.5 Å². The van der Waals surface area contributed by atoms with Crippen LogP contribution in [0.15, 0.2) is 41.6 Å². The number of carbonyl (C=O) groups excluding carboxylic acids is 1. The van der Waals surface area contributed by atoms with Gasteiger partial charge in [0.15, 0.2) is 5.78 Å². The van der Waals surface area contributed by atoms with Crippen LogP contribution in [0.5, 0.6) is 0 Å². The van der Waals surface area contributed by atoms with Crippen LogP contribution in [-0.2, 0) is 0 Å². The van der Waals surface area contributed by atoms with Crippen LogP contribution < -0.4 is 0 Å². The van der Waals surface area contributed by atoms with E-state index in [2.05, 4.69) is 11.1 Å². The van der Waals surface area contributed by atoms with E-state index in [-0.39, 0.29) is 5.78 Å². The van der Waals surface area contributed by atoms with Gasteiger partial charge in [-0.1, -0.05) is 35.5 Å². The fraction of sp³-hybridized carbons (Fsp3) is 0.188. The Bertz CT molecular complexity index is 689. The second-order valence-electron chi connectivity index (χ2n) is 4.52. The number of ketones is 1. The first-order valence-corrected chi connectivity index (χ1v) is 7.18. The number of aryl methyl sites for hydroxylation is 2. The summed E-state index contributed by atoms with van der Waals surface area (Å²) in [6.07, 6.45) is 1.59. The molecule has 0 atom stereocenters. The summed E-state index contributed by atoms with van der Waals surface area (Å²) in [5.74, 6) is 0.405. The lowest BCUT2D eigenvalue weighted by atomic mass is 10.0. The molecule has 0 radical (unpaired) electrons. The van der Waals surface area contributed by atoms with Crippen molar-refractivity contribution in [1.82, 2.24) is 4.98 Å². The van der Waals surface area contributed by atoms with Crippen molar-refractivity contribution in [3.8, 4) is 6.07 Å². The van der Waals surface area contributed by atoms with Crippen LogP contribution in [0.25, 0.3) is 0 Å². The molecule has 0 amide bonds. The van der Waals surface area contributed by atoms with Gasteiger partial charge < -0.3 is 0 Å². The summed E-state index contributed by atoms with van der Waals surface area (Å²) >= 11 is 1.35. The largest absolute Gasteiger partial charge is 0.293 e. The molecule has 0 N–H and O–H groups in total. The monoisotopic (exact) mass is 282 g/mol. The van der Waals surface area contributed by atoms with Crippen LogP contribution in [0.4, 0.5) is 0 Å². The zero-order chi connectivity index (χ0) is 14.5. The highest BCUT2D eigenvalue weighted by Crippen LogP contribution is 2.19. The number of hydrogen-bond acceptors (Lipinski definition) is 4. The summed E-state index contributed by atoms with van der Waals surface area (Å²) in [6.45, 7) is 3.95. The molecule has 2 aromatic rings. The molecule has 0 bridgehead atoms. The molecule has 2 rings (SSSR count). The number of benzene rings is 1. The second-order valence-corrected chi connectivity index (χ2v) is 5.52. The van der Waals surface area contributed by atoms with Crippen LogP contribution in [0.1, 0.15) is 27.0 Å². The van der Waals surface area contributed by atoms with Gasteiger partial charge in [0, 0.05) is 11.8 Å². The second kappa shape index (κ2) is 6.36. The number of nitrogens with zero attached hydrogens (tertiary/aromatic N) is 2. The molecule has 0 unspecified atom stereocenters. The fourth-order valence-corrected chi connectivity index (χ4v) is 2.68. The first-order valence-electron chi connectivity index (χ1n) is 6.19. The molecule has 1 aromatic heterocycles. The minimum Gasteiger partial charge on any atom is -0.293 e. The quantitative estimate of drug-likeness (QED) is 0.635. The molecule has 4 heteroatoms. The summed E-state index contributed by atoms with van der Waals surface area (Å²) in [7, 11) is 0. The van der Waals surface area contributed by atoms with E-state index < -0.39 is 0 Å². The highest BCUT2D eigenvalue weighted by molar-refractivity contribution is 7.99. The number of thioether (sulfide) groups is 1. The minimum absolute atomic E-state index is 0.0802. The number of pyridine rings is 1. The van der Waals surface area contributed by atoms with Gasteiger partial charge in [0.25, 0.3) is 0 Å². The van der Waals surface area contributed by atoms with Gasteiger partial charge in [-0.15, -0.1) is 0 Å². The molecule has 20 heavy (non-hydrogen) atoms. The van der Waals surface area contributed by atoms with Crippen LogP contribution in [0.2, 0.25) is 0 Å². The van der Waals surface area contributed by atoms with E-state index in [1.807, 2.05) is 32.0 Å². The molecule has 0 saturated heterocycles. The number of carbonyl (C=O) groups is 1. The van der Waals surface area contributed by atoms with Gasteiger partial charge in [0.05, 0.1) is 22.4 Å². The Morgan fingerprint density at radius 2 is 2.10 bits per heavy atom. The summed E-state index contributed by atoms with van der Waals surface area (Å²) in [4.78, 5) is 16.3. The first-order chi connectivity index (χ1) is 9.60. The molecular formula is C16H14N2OS. The lowest BCUT2D eigenvalue weighted by molar-refractivity contribution is 0.102. The van der Waals surface area contributed by atoms with Crippen LogP contribution in [0, 0.1) is 25.2 Å². The molecule has 0 saturated carbocycles. The first kappa shape index (κ1) is 14.3. The van der Waals surface area contributed by atoms with Crippen molar-refractivity contribution in [1.29, 1.82) is 5.26 Å². The highest BCUT2D eigenvalue weighted by atomic mass is 32.2. The number of Topliss-reactive ketones (excluding diaryl/α,β-unsaturated/α-hetero) is 1. The lowest BCUT2D eigenvalue weighted by Gasteiger charge is -2.06. The van der Waals surface area contributed by atoms with Gasteiger partial charge in [-0.2, -0.15) is 5.26 Å². The van der Waals surface area contributed by atoms with E-state index in [0.717, 1.165) is 16.7 Å². The normalized spacial score (nSPS) is 10.1. The van der Waals surface area contributed by atoms with Crippen molar-refractivity contribution in [3.63, 3.8) is 0 Å². The topological polar surface area (TPSA) is 53.8 Å². The zero-order valence-corrected chi connectivity index (χ0v) is 12.2. The summed E-state index contributed by atoms with van der Waals surface area (Å²) in [5, 5.41) is 9.52. The Morgan fingerprint density at radius 3 is 2.80 bits per heavy atom. The Balaban J connectivity index is 2.07. The molecule has 3 nitrogen and oxygen atoms in total. The van der Waals surface area contributed by atoms with Crippen molar-refractivity contribution >= 4 is 17.5 Å². The molecular weight excluding hydrogens is 268 g/mol. The molecule has 0 fully saturated rings. The van der Waals surface area contributed by atoms with Crippen molar-refractivity contribution in [2.45, 2.75) is 18.9 Å². The van der Waals surface area contributed by atoms with Crippen LogP contribution in [0.3, 0.4) is 0 Å². The predicted octanol–water partition coefficient (Wildman–Crippen LogP) is 3.55. The van der Waals surface area contributed by atoms with E-state index in [0.29, 0.717) is 16.3 Å². The molecule has 0 aliphatic heterocycles. The minimum atomic E-state index is 0.0802. The number of hydrogen-bond donors (Lipinski definition) is 0. The third-order valence-corrected chi connectivity index (χ3v) is 3.82. The molecule has 0 spiro atoms. The van der Waals surface area contributed by atoms with E-state index in [4.69, 9.17) is 5.26 Å². The molecule has 1 aromatic carbocycles. The maximum absolute atomic E-state index is 12.2. The molecule has 1 heterocycles. The Hall–Kier alpha value is -2.12. The van der Waals surface area contributed by atoms with E-state index in [9.17, 15) is 4.79 Å². The van der Waals surface area contributed by atoms with Gasteiger partial charge >= 0.3 is 0 Å². The van der Waals surface area contributed by atoms with Gasteiger partial charge in [-0.05, 0) is 31.5 Å². The smallest absolute Gasteiger partial charge is 0.173 e. The summed E-state index contributed by atoms with van der Waals surface area (Å²) in [6, 6.07) is 11.2. The fourth-order valence-electron chi connectivity index (χ4n) is 1.90. The summed E-state index contributed by atoms with van der Waals surface area (Å²) < 4.78 is 0. The van der Waals surface area contributed by atoms with E-state index in [1.165, 1.54) is 11.8 Å². The van der Waals surface area contributed by atoms with Gasteiger partial charge in [-0.25, -0.2) is 4.98 Å². The Labute approximate surface area is 122 Å². The Morgan fingerprint density at radius 1 is 1.30 bits per heavy atom. The van der Waals surface area contributed by atoms with Gasteiger partial charge in [-0.3, -0.25) is 4.79 Å². The Kier molecular flexibility index (Phi) is 4.54. The third-order valence-electron chi connectivity index (χ3n) is 2.90. The number of aromatic nitrogens is 1. The number of nitriles is 1. The van der Waals surface area contributed by atoms with Crippen molar-refractivity contribution in [3.05, 3.63) is 58.8 Å². The average molecular weight is 282 g/mol. The predicted molar refractivity (Wildman–Crippen MR) is 79.9 cm³/mol. The van der Waals surface area contributed by atoms with Crippen molar-refractivity contribution in [2.75, 3.05) is 5.75 Å². The van der Waals surface area contributed by atoms with Gasteiger partial charge in [0.2, 0.25) is 0 Å². The SMILES string of the molecule is Cc1ccc(C(=O)CSc2cc(C#N)ccn2)c(C)c1. The third kappa shape index (κ3) is 3.46. The van der Waals surface area contributed by atoms with Crippen molar-refractivity contribution < 1.29 is 4.79 Å².